The fraction of sp³-hybridized carbons (Fsp3) is 0.0833. The molecule has 8 heteroatoms. The molecule has 32 heavy (non-hydrogen) atoms. The monoisotopic (exact) mass is 453 g/mol. The molecule has 3 aromatic carbocycles. The Kier molecular flexibility index (Phi) is 6.47. The molecule has 0 aliphatic heterocycles. The number of nitrogens with zero attached hydrogens (tertiary/aromatic N) is 2. The zero-order valence-electron chi connectivity index (χ0n) is 16.8. The summed E-state index contributed by atoms with van der Waals surface area (Å²) < 4.78 is 34.0. The number of anilines is 1. The van der Waals surface area contributed by atoms with Crippen molar-refractivity contribution in [2.45, 2.75) is 13.2 Å². The summed E-state index contributed by atoms with van der Waals surface area (Å²) in [5.74, 6) is -0.488. The predicted molar refractivity (Wildman–Crippen MR) is 118 cm³/mol. The van der Waals surface area contributed by atoms with Crippen molar-refractivity contribution in [2.75, 3.05) is 5.32 Å². The molecule has 0 fully saturated rings. The summed E-state index contributed by atoms with van der Waals surface area (Å²) in [6, 6.07) is 17.2. The normalized spacial score (nSPS) is 10.7. The Morgan fingerprint density at radius 1 is 1.03 bits per heavy atom. The molecule has 1 amide bonds. The number of carbonyl (C=O) groups is 1. The van der Waals surface area contributed by atoms with E-state index in [4.69, 9.17) is 16.3 Å². The number of amides is 1. The number of halogens is 3. The fourth-order valence-electron chi connectivity index (χ4n) is 3.01. The molecular weight excluding hydrogens is 436 g/mol. The molecule has 0 aliphatic carbocycles. The number of hydrogen-bond acceptors (Lipinski definition) is 3. The maximum atomic E-state index is 14.0. The van der Waals surface area contributed by atoms with Crippen LogP contribution in [0.4, 0.5) is 14.5 Å². The zero-order chi connectivity index (χ0) is 22.5. The number of nitrogens with one attached hydrogen (secondary N) is 1. The van der Waals surface area contributed by atoms with Crippen LogP contribution in [-0.2, 0) is 13.2 Å². The Balaban J connectivity index is 1.34. The van der Waals surface area contributed by atoms with Crippen molar-refractivity contribution in [2.24, 2.45) is 0 Å². The van der Waals surface area contributed by atoms with Gasteiger partial charge in [0.25, 0.3) is 5.91 Å². The molecule has 0 bridgehead atoms. The van der Waals surface area contributed by atoms with Gasteiger partial charge in [0.2, 0.25) is 0 Å². The van der Waals surface area contributed by atoms with Crippen molar-refractivity contribution >= 4 is 23.2 Å². The van der Waals surface area contributed by atoms with Crippen LogP contribution in [0.2, 0.25) is 5.02 Å². The van der Waals surface area contributed by atoms with Gasteiger partial charge in [0.15, 0.2) is 0 Å². The molecule has 4 aromatic rings. The first kappa shape index (κ1) is 21.5. The molecule has 0 saturated heterocycles. The Labute approximate surface area is 188 Å². The smallest absolute Gasteiger partial charge is 0.255 e. The quantitative estimate of drug-likeness (QED) is 0.391. The van der Waals surface area contributed by atoms with Crippen LogP contribution in [0.3, 0.4) is 0 Å². The van der Waals surface area contributed by atoms with Crippen molar-refractivity contribution in [3.05, 3.63) is 112 Å². The van der Waals surface area contributed by atoms with Gasteiger partial charge in [-0.2, -0.15) is 5.10 Å². The molecule has 0 atom stereocenters. The Hall–Kier alpha value is -3.71. The standard InChI is InChI=1S/C24H18ClF2N3O2/c25-22-2-1-3-23(27)21(22)14-30-13-19(12-28-30)29-24(31)17-6-4-16(5-7-17)15-32-20-10-8-18(26)9-11-20/h1-13H,14-15H2,(H,29,31). The van der Waals surface area contributed by atoms with E-state index in [9.17, 15) is 13.6 Å². The molecule has 1 aromatic heterocycles. The predicted octanol–water partition coefficient (Wildman–Crippen LogP) is 5.69. The Morgan fingerprint density at radius 3 is 2.50 bits per heavy atom. The highest BCUT2D eigenvalue weighted by Gasteiger charge is 2.11. The third-order valence-corrected chi connectivity index (χ3v) is 5.06. The van der Waals surface area contributed by atoms with Gasteiger partial charge in [-0.3, -0.25) is 9.48 Å². The third kappa shape index (κ3) is 5.31. The summed E-state index contributed by atoms with van der Waals surface area (Å²) in [6.07, 6.45) is 3.09. The van der Waals surface area contributed by atoms with Gasteiger partial charge in [0.05, 0.1) is 18.4 Å². The first-order chi connectivity index (χ1) is 15.5. The molecule has 162 valence electrons. The van der Waals surface area contributed by atoms with Gasteiger partial charge in [-0.15, -0.1) is 0 Å². The molecule has 4 rings (SSSR count). The second kappa shape index (κ2) is 9.62. The summed E-state index contributed by atoms with van der Waals surface area (Å²) in [4.78, 5) is 12.5. The van der Waals surface area contributed by atoms with Gasteiger partial charge >= 0.3 is 0 Å². The highest BCUT2D eigenvalue weighted by Crippen LogP contribution is 2.21. The van der Waals surface area contributed by atoms with Gasteiger partial charge in [-0.25, -0.2) is 8.78 Å². The topological polar surface area (TPSA) is 56.2 Å². The van der Waals surface area contributed by atoms with Crippen LogP contribution < -0.4 is 10.1 Å². The Bertz CT molecular complexity index is 1200. The summed E-state index contributed by atoms with van der Waals surface area (Å²) in [5, 5.41) is 7.22. The van der Waals surface area contributed by atoms with E-state index in [1.807, 2.05) is 0 Å². The number of ether oxygens (including phenoxy) is 1. The van der Waals surface area contributed by atoms with Crippen LogP contribution >= 0.6 is 11.6 Å². The van der Waals surface area contributed by atoms with E-state index in [2.05, 4.69) is 10.4 Å². The maximum absolute atomic E-state index is 14.0. The molecule has 1 heterocycles. The number of carbonyl (C=O) groups excluding carboxylic acids is 1. The second-order valence-corrected chi connectivity index (χ2v) is 7.43. The van der Waals surface area contributed by atoms with Crippen LogP contribution in [0, 0.1) is 11.6 Å². The lowest BCUT2D eigenvalue weighted by molar-refractivity contribution is 0.102. The van der Waals surface area contributed by atoms with Crippen molar-refractivity contribution in [1.82, 2.24) is 9.78 Å². The van der Waals surface area contributed by atoms with E-state index in [0.29, 0.717) is 34.2 Å². The number of rotatable bonds is 7. The maximum Gasteiger partial charge on any atom is 0.255 e. The van der Waals surface area contributed by atoms with Gasteiger partial charge < -0.3 is 10.1 Å². The van der Waals surface area contributed by atoms with E-state index in [0.717, 1.165) is 5.56 Å². The van der Waals surface area contributed by atoms with Crippen LogP contribution in [-0.4, -0.2) is 15.7 Å². The minimum atomic E-state index is -0.415. The van der Waals surface area contributed by atoms with E-state index in [-0.39, 0.29) is 18.3 Å². The average molecular weight is 454 g/mol. The summed E-state index contributed by atoms with van der Waals surface area (Å²) in [7, 11) is 0. The van der Waals surface area contributed by atoms with Gasteiger partial charge in [0, 0.05) is 22.3 Å². The van der Waals surface area contributed by atoms with E-state index >= 15 is 0 Å². The molecule has 0 unspecified atom stereocenters. The molecule has 5 nitrogen and oxygen atoms in total. The van der Waals surface area contributed by atoms with Crippen molar-refractivity contribution in [1.29, 1.82) is 0 Å². The fourth-order valence-corrected chi connectivity index (χ4v) is 3.24. The summed E-state index contributed by atoms with van der Waals surface area (Å²) in [6.45, 7) is 0.434. The molecule has 0 radical (unpaired) electrons. The van der Waals surface area contributed by atoms with Crippen LogP contribution in [0.15, 0.2) is 79.1 Å². The second-order valence-electron chi connectivity index (χ2n) is 7.02. The van der Waals surface area contributed by atoms with Crippen LogP contribution in [0.1, 0.15) is 21.5 Å². The van der Waals surface area contributed by atoms with Gasteiger partial charge in [-0.1, -0.05) is 29.8 Å². The highest BCUT2D eigenvalue weighted by molar-refractivity contribution is 6.31. The molecule has 0 spiro atoms. The average Bonchev–Trinajstić information content (AvgIpc) is 3.23. The molecule has 1 N–H and O–H groups in total. The minimum absolute atomic E-state index is 0.143. The van der Waals surface area contributed by atoms with E-state index in [1.54, 1.807) is 48.7 Å². The summed E-state index contributed by atoms with van der Waals surface area (Å²) in [5.41, 5.74) is 2.13. The molecular formula is C24H18ClF2N3O2. The minimum Gasteiger partial charge on any atom is -0.489 e. The lowest BCUT2D eigenvalue weighted by Crippen LogP contribution is -2.11. The first-order valence-electron chi connectivity index (χ1n) is 9.72. The van der Waals surface area contributed by atoms with Crippen LogP contribution in [0.5, 0.6) is 5.75 Å². The SMILES string of the molecule is O=C(Nc1cnn(Cc2c(F)cccc2Cl)c1)c1ccc(COc2ccc(F)cc2)cc1. The number of aromatic nitrogens is 2. The summed E-state index contributed by atoms with van der Waals surface area (Å²) >= 11 is 6.05. The molecule has 0 aliphatic rings. The number of benzene rings is 3. The lowest BCUT2D eigenvalue weighted by atomic mass is 10.1. The Morgan fingerprint density at radius 2 is 1.78 bits per heavy atom. The van der Waals surface area contributed by atoms with Gasteiger partial charge in [0.1, 0.15) is 24.0 Å². The van der Waals surface area contributed by atoms with Crippen molar-refractivity contribution in [3.8, 4) is 5.75 Å². The third-order valence-electron chi connectivity index (χ3n) is 4.71. The van der Waals surface area contributed by atoms with E-state index < -0.39 is 5.82 Å². The van der Waals surface area contributed by atoms with Crippen molar-refractivity contribution in [3.63, 3.8) is 0 Å². The van der Waals surface area contributed by atoms with Crippen molar-refractivity contribution < 1.29 is 18.3 Å². The van der Waals surface area contributed by atoms with Gasteiger partial charge in [-0.05, 0) is 54.1 Å². The number of hydrogen-bond donors (Lipinski definition) is 1. The van der Waals surface area contributed by atoms with E-state index in [1.165, 1.54) is 35.1 Å². The first-order valence-corrected chi connectivity index (χ1v) is 10.1. The largest absolute Gasteiger partial charge is 0.489 e. The van der Waals surface area contributed by atoms with Crippen LogP contribution in [0.25, 0.3) is 0 Å². The molecule has 0 saturated carbocycles. The zero-order valence-corrected chi connectivity index (χ0v) is 17.5. The lowest BCUT2D eigenvalue weighted by Gasteiger charge is -2.07. The highest BCUT2D eigenvalue weighted by atomic mass is 35.5.